The predicted octanol–water partition coefficient (Wildman–Crippen LogP) is 1.13. The second-order valence-electron chi connectivity index (χ2n) is 5.30. The Morgan fingerprint density at radius 3 is 2.70 bits per heavy atom. The fourth-order valence-corrected chi connectivity index (χ4v) is 3.56. The van der Waals surface area contributed by atoms with Crippen molar-refractivity contribution in [3.63, 3.8) is 0 Å². The Bertz CT molecular complexity index is 368. The maximum absolute atomic E-state index is 11.7. The summed E-state index contributed by atoms with van der Waals surface area (Å²) in [4.78, 5) is 11.6. The molecule has 1 rings (SSSR count). The summed E-state index contributed by atoms with van der Waals surface area (Å²) in [6, 6.07) is 0. The Kier molecular flexibility index (Phi) is 10.2. The summed E-state index contributed by atoms with van der Waals surface area (Å²) < 4.78 is 23.3. The molecule has 2 N–H and O–H groups in total. The number of sulfone groups is 1. The van der Waals surface area contributed by atoms with Crippen LogP contribution in [0.4, 0.5) is 0 Å². The molecule has 1 aliphatic heterocycles. The third-order valence-corrected chi connectivity index (χ3v) is 5.06. The highest BCUT2D eigenvalue weighted by molar-refractivity contribution is 7.92. The van der Waals surface area contributed by atoms with Crippen molar-refractivity contribution in [3.8, 4) is 0 Å². The quantitative estimate of drug-likeness (QED) is 0.623. The average molecular weight is 327 g/mol. The molecule has 0 aromatic carbocycles. The first-order valence-electron chi connectivity index (χ1n) is 7.21. The fourth-order valence-electron chi connectivity index (χ4n) is 2.27. The molecule has 7 heteroatoms. The number of rotatable bonds is 9. The number of carbonyl (C=O) groups is 1. The van der Waals surface area contributed by atoms with E-state index in [0.29, 0.717) is 18.9 Å². The highest BCUT2D eigenvalue weighted by Gasteiger charge is 2.17. The Hall–Kier alpha value is -0.330. The molecule has 1 unspecified atom stereocenters. The molecule has 1 atom stereocenters. The number of nitrogens with one attached hydrogen (secondary N) is 2. The van der Waals surface area contributed by atoms with Gasteiger partial charge in [-0.05, 0) is 38.3 Å². The molecule has 120 valence electrons. The molecule has 1 heterocycles. The number of hydrogen-bond acceptors (Lipinski definition) is 4. The van der Waals surface area contributed by atoms with Gasteiger partial charge in [0.25, 0.3) is 0 Å². The Morgan fingerprint density at radius 2 is 2.10 bits per heavy atom. The van der Waals surface area contributed by atoms with Gasteiger partial charge in [-0.1, -0.05) is 19.8 Å². The summed E-state index contributed by atoms with van der Waals surface area (Å²) >= 11 is 0. The molecule has 1 saturated heterocycles. The molecular weight excluding hydrogens is 300 g/mol. The summed E-state index contributed by atoms with van der Waals surface area (Å²) in [6.07, 6.45) is 4.60. The molecule has 1 amide bonds. The van der Waals surface area contributed by atoms with Gasteiger partial charge in [0.2, 0.25) is 5.91 Å². The minimum Gasteiger partial charge on any atom is -0.355 e. The molecule has 1 fully saturated rings. The van der Waals surface area contributed by atoms with Crippen molar-refractivity contribution in [2.75, 3.05) is 31.1 Å². The minimum atomic E-state index is -3.23. The van der Waals surface area contributed by atoms with Crippen LogP contribution in [0.2, 0.25) is 0 Å². The van der Waals surface area contributed by atoms with E-state index in [0.717, 1.165) is 38.8 Å². The highest BCUT2D eigenvalue weighted by atomic mass is 35.5. The SMILES string of the molecule is CCCCCS(=O)(=O)CC(=O)NCCC1CCNC1.Cl. The topological polar surface area (TPSA) is 75.3 Å². The van der Waals surface area contributed by atoms with Crippen molar-refractivity contribution in [2.24, 2.45) is 5.92 Å². The van der Waals surface area contributed by atoms with E-state index >= 15 is 0 Å². The van der Waals surface area contributed by atoms with Crippen LogP contribution < -0.4 is 10.6 Å². The largest absolute Gasteiger partial charge is 0.355 e. The van der Waals surface area contributed by atoms with E-state index in [-0.39, 0.29) is 29.8 Å². The maximum atomic E-state index is 11.7. The molecule has 0 bridgehead atoms. The van der Waals surface area contributed by atoms with Crippen molar-refractivity contribution < 1.29 is 13.2 Å². The zero-order chi connectivity index (χ0) is 14.1. The van der Waals surface area contributed by atoms with E-state index in [1.54, 1.807) is 0 Å². The van der Waals surface area contributed by atoms with Crippen LogP contribution in [0.3, 0.4) is 0 Å². The zero-order valence-corrected chi connectivity index (χ0v) is 13.8. The second-order valence-corrected chi connectivity index (χ2v) is 7.48. The third-order valence-electron chi connectivity index (χ3n) is 3.45. The summed E-state index contributed by atoms with van der Waals surface area (Å²) in [5.74, 6) is 0.0179. The molecule has 1 aliphatic rings. The van der Waals surface area contributed by atoms with Gasteiger partial charge in [-0.3, -0.25) is 4.79 Å². The summed E-state index contributed by atoms with van der Waals surface area (Å²) in [7, 11) is -3.23. The lowest BCUT2D eigenvalue weighted by Crippen LogP contribution is -2.32. The minimum absolute atomic E-state index is 0. The summed E-state index contributed by atoms with van der Waals surface area (Å²) in [6.45, 7) is 4.66. The van der Waals surface area contributed by atoms with E-state index in [4.69, 9.17) is 0 Å². The maximum Gasteiger partial charge on any atom is 0.235 e. The van der Waals surface area contributed by atoms with Crippen LogP contribution in [0.15, 0.2) is 0 Å². The van der Waals surface area contributed by atoms with Crippen molar-refractivity contribution in [1.82, 2.24) is 10.6 Å². The first kappa shape index (κ1) is 19.7. The Labute approximate surface area is 128 Å². The van der Waals surface area contributed by atoms with Crippen LogP contribution in [0.1, 0.15) is 39.0 Å². The van der Waals surface area contributed by atoms with Crippen LogP contribution in [-0.2, 0) is 14.6 Å². The monoisotopic (exact) mass is 326 g/mol. The lowest BCUT2D eigenvalue weighted by molar-refractivity contribution is -0.118. The number of amides is 1. The van der Waals surface area contributed by atoms with Gasteiger partial charge in [-0.15, -0.1) is 12.4 Å². The van der Waals surface area contributed by atoms with Gasteiger partial charge in [0, 0.05) is 6.54 Å². The first-order valence-corrected chi connectivity index (χ1v) is 9.03. The number of unbranched alkanes of at least 4 members (excludes halogenated alkanes) is 2. The molecular formula is C13H27ClN2O3S. The van der Waals surface area contributed by atoms with Crippen molar-refractivity contribution >= 4 is 28.2 Å². The summed E-state index contributed by atoms with van der Waals surface area (Å²) in [5, 5.41) is 5.98. The number of halogens is 1. The van der Waals surface area contributed by atoms with E-state index < -0.39 is 9.84 Å². The van der Waals surface area contributed by atoms with Crippen molar-refractivity contribution in [3.05, 3.63) is 0 Å². The normalized spacial score (nSPS) is 18.6. The van der Waals surface area contributed by atoms with Crippen LogP contribution in [0, 0.1) is 5.92 Å². The Morgan fingerprint density at radius 1 is 1.35 bits per heavy atom. The lowest BCUT2D eigenvalue weighted by atomic mass is 10.1. The third kappa shape index (κ3) is 8.76. The summed E-state index contributed by atoms with van der Waals surface area (Å²) in [5.41, 5.74) is 0. The van der Waals surface area contributed by atoms with Gasteiger partial charge >= 0.3 is 0 Å². The van der Waals surface area contributed by atoms with Gasteiger partial charge in [0.15, 0.2) is 9.84 Å². The van der Waals surface area contributed by atoms with Crippen LogP contribution in [0.5, 0.6) is 0 Å². The van der Waals surface area contributed by atoms with Gasteiger partial charge in [-0.25, -0.2) is 8.42 Å². The fraction of sp³-hybridized carbons (Fsp3) is 0.923. The molecule has 0 saturated carbocycles. The van der Waals surface area contributed by atoms with E-state index in [9.17, 15) is 13.2 Å². The number of hydrogen-bond donors (Lipinski definition) is 2. The van der Waals surface area contributed by atoms with Crippen LogP contribution in [0.25, 0.3) is 0 Å². The predicted molar refractivity (Wildman–Crippen MR) is 84.0 cm³/mol. The van der Waals surface area contributed by atoms with Crippen LogP contribution >= 0.6 is 12.4 Å². The molecule has 0 radical (unpaired) electrons. The molecule has 5 nitrogen and oxygen atoms in total. The molecule has 0 aromatic rings. The van der Waals surface area contributed by atoms with Gasteiger partial charge in [0.05, 0.1) is 5.75 Å². The van der Waals surface area contributed by atoms with Gasteiger partial charge in [0.1, 0.15) is 5.75 Å². The standard InChI is InChI=1S/C13H26N2O3S.ClH/c1-2-3-4-9-19(17,18)11-13(16)15-8-6-12-5-7-14-10-12;/h12,14H,2-11H2,1H3,(H,15,16);1H. The van der Waals surface area contributed by atoms with Gasteiger partial charge < -0.3 is 10.6 Å². The first-order chi connectivity index (χ1) is 9.03. The number of carbonyl (C=O) groups excluding carboxylic acids is 1. The van der Waals surface area contributed by atoms with Gasteiger partial charge in [-0.2, -0.15) is 0 Å². The van der Waals surface area contributed by atoms with Crippen molar-refractivity contribution in [1.29, 1.82) is 0 Å². The second kappa shape index (κ2) is 10.4. The van der Waals surface area contributed by atoms with Crippen LogP contribution in [-0.4, -0.2) is 45.5 Å². The smallest absolute Gasteiger partial charge is 0.235 e. The molecule has 20 heavy (non-hydrogen) atoms. The van der Waals surface area contributed by atoms with E-state index in [1.165, 1.54) is 0 Å². The van der Waals surface area contributed by atoms with Crippen molar-refractivity contribution in [2.45, 2.75) is 39.0 Å². The molecule has 0 spiro atoms. The zero-order valence-electron chi connectivity index (χ0n) is 12.2. The lowest BCUT2D eigenvalue weighted by Gasteiger charge is -2.09. The van der Waals surface area contributed by atoms with E-state index in [2.05, 4.69) is 10.6 Å². The highest BCUT2D eigenvalue weighted by Crippen LogP contribution is 2.10. The molecule has 0 aliphatic carbocycles. The van der Waals surface area contributed by atoms with E-state index in [1.807, 2.05) is 6.92 Å². The average Bonchev–Trinajstić information content (AvgIpc) is 2.81. The molecule has 0 aromatic heterocycles. The Balaban J connectivity index is 0.00000361.